The Morgan fingerprint density at radius 2 is 2.05 bits per heavy atom. The number of nitrogens with zero attached hydrogens (tertiary/aromatic N) is 7. The lowest BCUT2D eigenvalue weighted by Crippen LogP contribution is -2.55. The number of rotatable bonds is 8. The second kappa shape index (κ2) is 12.0. The van der Waals surface area contributed by atoms with Crippen molar-refractivity contribution in [2.75, 3.05) is 56.6 Å². The molecule has 10 heteroatoms. The molecule has 1 N–H and O–H groups in total. The molecule has 1 saturated heterocycles. The van der Waals surface area contributed by atoms with Crippen LogP contribution in [0.1, 0.15) is 24.6 Å². The molecule has 2 aliphatic heterocycles. The minimum Gasteiger partial charge on any atom is -0.508 e. The normalized spacial score (nSPS) is 17.7. The number of carbonyl (C=O) groups is 1. The monoisotopic (exact) mass is 555 g/mol. The van der Waals surface area contributed by atoms with E-state index in [1.54, 1.807) is 11.0 Å². The van der Waals surface area contributed by atoms with Crippen LogP contribution < -0.4 is 14.5 Å². The van der Waals surface area contributed by atoms with E-state index in [9.17, 15) is 15.2 Å². The predicted octanol–water partition coefficient (Wildman–Crippen LogP) is 3.34. The number of carbonyl (C=O) groups excluding carboxylic acids is 1. The van der Waals surface area contributed by atoms with Crippen LogP contribution >= 0.6 is 0 Å². The minimum atomic E-state index is -0.263. The molecule has 214 valence electrons. The maximum absolute atomic E-state index is 12.5. The predicted molar refractivity (Wildman–Crippen MR) is 159 cm³/mol. The van der Waals surface area contributed by atoms with Gasteiger partial charge < -0.3 is 29.4 Å². The maximum Gasteiger partial charge on any atom is 0.318 e. The standard InChI is InChI=1S/C31H37N7O3/c1-5-29(40)38-15-14-37(19-23(38)10-12-32)30-26-11-13-36(28-17-24(39)16-22-8-6-7-9-25(22)28)20-27(26)33-31(34-30)41-21(2)18-35(3)4/h5-9,16-17,21,23,39H,1,10-11,13-15,18-20H2,2-4H3. The molecule has 1 amide bonds. The van der Waals surface area contributed by atoms with Crippen molar-refractivity contribution in [3.05, 3.63) is 60.3 Å². The largest absolute Gasteiger partial charge is 0.508 e. The highest BCUT2D eigenvalue weighted by Gasteiger charge is 2.33. The molecule has 0 spiro atoms. The highest BCUT2D eigenvalue weighted by Crippen LogP contribution is 2.36. The number of hydrogen-bond acceptors (Lipinski definition) is 9. The number of benzene rings is 2. The van der Waals surface area contributed by atoms with Gasteiger partial charge in [-0.3, -0.25) is 4.79 Å². The lowest BCUT2D eigenvalue weighted by Gasteiger charge is -2.42. The molecular formula is C31H37N7O3. The Balaban J connectivity index is 1.51. The molecule has 10 nitrogen and oxygen atoms in total. The Kier molecular flexibility index (Phi) is 8.26. The van der Waals surface area contributed by atoms with E-state index in [4.69, 9.17) is 14.7 Å². The molecule has 3 heterocycles. The summed E-state index contributed by atoms with van der Waals surface area (Å²) >= 11 is 0. The zero-order valence-electron chi connectivity index (χ0n) is 24.0. The van der Waals surface area contributed by atoms with E-state index < -0.39 is 0 Å². The van der Waals surface area contributed by atoms with E-state index in [0.29, 0.717) is 45.2 Å². The summed E-state index contributed by atoms with van der Waals surface area (Å²) in [7, 11) is 3.99. The molecule has 0 bridgehead atoms. The van der Waals surface area contributed by atoms with Gasteiger partial charge in [0.05, 0.1) is 30.8 Å². The van der Waals surface area contributed by atoms with Crippen LogP contribution in [0.15, 0.2) is 49.1 Å². The van der Waals surface area contributed by atoms with Gasteiger partial charge in [-0.1, -0.05) is 30.8 Å². The SMILES string of the molecule is C=CC(=O)N1CCN(c2nc(OC(C)CN(C)C)nc3c2CCN(c2cc(O)cc4ccccc24)C3)CC1CC#N. The van der Waals surface area contributed by atoms with Crippen LogP contribution in [-0.2, 0) is 17.8 Å². The average Bonchev–Trinajstić information content (AvgIpc) is 2.95. The van der Waals surface area contributed by atoms with Crippen LogP contribution in [0.2, 0.25) is 0 Å². The molecule has 41 heavy (non-hydrogen) atoms. The van der Waals surface area contributed by atoms with Crippen molar-refractivity contribution >= 4 is 28.2 Å². The number of anilines is 2. The molecule has 2 aromatic carbocycles. The number of phenols is 1. The van der Waals surface area contributed by atoms with Gasteiger partial charge in [0, 0.05) is 55.4 Å². The first kappa shape index (κ1) is 28.2. The molecule has 1 fully saturated rings. The Morgan fingerprint density at radius 3 is 2.80 bits per heavy atom. The minimum absolute atomic E-state index is 0.126. The maximum atomic E-state index is 12.5. The summed E-state index contributed by atoms with van der Waals surface area (Å²) in [6.45, 7) is 9.15. The number of amides is 1. The molecule has 5 rings (SSSR count). The highest BCUT2D eigenvalue weighted by molar-refractivity contribution is 5.95. The van der Waals surface area contributed by atoms with Crippen molar-refractivity contribution in [1.82, 2.24) is 19.8 Å². The first-order valence-corrected chi connectivity index (χ1v) is 14.0. The van der Waals surface area contributed by atoms with E-state index in [-0.39, 0.29) is 30.2 Å². The number of ether oxygens (including phenoxy) is 1. The van der Waals surface area contributed by atoms with Gasteiger partial charge in [-0.15, -0.1) is 0 Å². The number of phenolic OH excluding ortho intramolecular Hbond substituents is 1. The van der Waals surface area contributed by atoms with Gasteiger partial charge in [-0.25, -0.2) is 0 Å². The van der Waals surface area contributed by atoms with Crippen molar-refractivity contribution in [2.24, 2.45) is 0 Å². The van der Waals surface area contributed by atoms with Crippen LogP contribution in [0.4, 0.5) is 11.5 Å². The third kappa shape index (κ3) is 6.05. The summed E-state index contributed by atoms with van der Waals surface area (Å²) in [5.74, 6) is 0.867. The number of piperazine rings is 1. The Bertz CT molecular complexity index is 1480. The molecule has 3 aromatic rings. The zero-order chi connectivity index (χ0) is 29.1. The van der Waals surface area contributed by atoms with Crippen LogP contribution in [0.25, 0.3) is 10.8 Å². The van der Waals surface area contributed by atoms with Crippen LogP contribution in [-0.4, -0.2) is 89.7 Å². The van der Waals surface area contributed by atoms with E-state index in [0.717, 1.165) is 40.1 Å². The Hall–Kier alpha value is -4.36. The van der Waals surface area contributed by atoms with E-state index in [1.807, 2.05) is 45.3 Å². The molecule has 0 aliphatic carbocycles. The fraction of sp³-hybridized carbons (Fsp3) is 0.419. The fourth-order valence-electron chi connectivity index (χ4n) is 5.91. The first-order valence-electron chi connectivity index (χ1n) is 14.0. The summed E-state index contributed by atoms with van der Waals surface area (Å²) < 4.78 is 6.22. The van der Waals surface area contributed by atoms with Crippen molar-refractivity contribution in [3.8, 4) is 17.8 Å². The fourth-order valence-corrected chi connectivity index (χ4v) is 5.91. The second-order valence-electron chi connectivity index (χ2n) is 11.0. The van der Waals surface area contributed by atoms with Crippen molar-refractivity contribution < 1.29 is 14.6 Å². The third-order valence-corrected chi connectivity index (χ3v) is 7.68. The molecule has 2 aliphatic rings. The van der Waals surface area contributed by atoms with Gasteiger partial charge in [-0.05, 0) is 45.0 Å². The van der Waals surface area contributed by atoms with Gasteiger partial charge in [-0.2, -0.15) is 15.2 Å². The van der Waals surface area contributed by atoms with Crippen LogP contribution in [0.5, 0.6) is 11.8 Å². The molecule has 1 aromatic heterocycles. The highest BCUT2D eigenvalue weighted by atomic mass is 16.5. The summed E-state index contributed by atoms with van der Waals surface area (Å²) in [5, 5.41) is 22.0. The smallest absolute Gasteiger partial charge is 0.318 e. The Labute approximate surface area is 241 Å². The van der Waals surface area contributed by atoms with Gasteiger partial charge in [0.1, 0.15) is 17.7 Å². The van der Waals surface area contributed by atoms with E-state index in [2.05, 4.69) is 33.4 Å². The molecule has 2 unspecified atom stereocenters. The number of hydrogen-bond donors (Lipinski definition) is 1. The van der Waals surface area contributed by atoms with E-state index in [1.165, 1.54) is 6.08 Å². The quantitative estimate of drug-likeness (QED) is 0.419. The summed E-state index contributed by atoms with van der Waals surface area (Å²) in [6, 6.07) is 13.9. The van der Waals surface area contributed by atoms with E-state index >= 15 is 0 Å². The summed E-state index contributed by atoms with van der Waals surface area (Å²) in [4.78, 5) is 30.5. The van der Waals surface area contributed by atoms with Crippen molar-refractivity contribution in [2.45, 2.75) is 38.5 Å². The van der Waals surface area contributed by atoms with Crippen molar-refractivity contribution in [3.63, 3.8) is 0 Å². The average molecular weight is 556 g/mol. The van der Waals surface area contributed by atoms with Crippen LogP contribution in [0, 0.1) is 11.3 Å². The van der Waals surface area contributed by atoms with Crippen LogP contribution in [0.3, 0.4) is 0 Å². The molecule has 2 atom stereocenters. The number of aromatic hydroxyl groups is 1. The topological polar surface area (TPSA) is 109 Å². The van der Waals surface area contributed by atoms with Gasteiger partial charge in [0.2, 0.25) is 5.91 Å². The molecule has 0 saturated carbocycles. The lowest BCUT2D eigenvalue weighted by molar-refractivity contribution is -0.128. The number of nitriles is 1. The summed E-state index contributed by atoms with van der Waals surface area (Å²) in [5.41, 5.74) is 2.89. The molecule has 0 radical (unpaired) electrons. The zero-order valence-corrected chi connectivity index (χ0v) is 24.0. The Morgan fingerprint density at radius 1 is 1.24 bits per heavy atom. The van der Waals surface area contributed by atoms with Crippen molar-refractivity contribution in [1.29, 1.82) is 5.26 Å². The number of fused-ring (bicyclic) bond motifs is 2. The van der Waals surface area contributed by atoms with Gasteiger partial charge in [0.15, 0.2) is 0 Å². The third-order valence-electron chi connectivity index (χ3n) is 7.68. The summed E-state index contributed by atoms with van der Waals surface area (Å²) in [6.07, 6.45) is 2.12. The number of likely N-dealkylation sites (N-methyl/N-ethyl adjacent to an activating group) is 1. The van der Waals surface area contributed by atoms with Gasteiger partial charge in [0.25, 0.3) is 0 Å². The first-order chi connectivity index (χ1) is 19.8. The number of aromatic nitrogens is 2. The van der Waals surface area contributed by atoms with Gasteiger partial charge >= 0.3 is 6.01 Å². The second-order valence-corrected chi connectivity index (χ2v) is 11.0. The lowest BCUT2D eigenvalue weighted by atomic mass is 10.0. The molecular weight excluding hydrogens is 518 g/mol.